The van der Waals surface area contributed by atoms with Crippen LogP contribution in [0.3, 0.4) is 0 Å². The minimum atomic E-state index is 0.862. The van der Waals surface area contributed by atoms with Gasteiger partial charge in [0.2, 0.25) is 0 Å². The van der Waals surface area contributed by atoms with E-state index in [1.807, 2.05) is 0 Å². The molecule has 2 rings (SSSR count). The van der Waals surface area contributed by atoms with Gasteiger partial charge in [0.15, 0.2) is 0 Å². The molecule has 0 aliphatic heterocycles. The van der Waals surface area contributed by atoms with E-state index in [0.29, 0.717) is 0 Å². The molecule has 1 aliphatic carbocycles. The molecule has 0 heteroatoms. The van der Waals surface area contributed by atoms with E-state index in [4.69, 9.17) is 0 Å². The van der Waals surface area contributed by atoms with E-state index < -0.39 is 0 Å². The van der Waals surface area contributed by atoms with Crippen LogP contribution in [0.4, 0.5) is 0 Å². The lowest BCUT2D eigenvalue weighted by Gasteiger charge is -2.24. The van der Waals surface area contributed by atoms with Gasteiger partial charge in [-0.2, -0.15) is 0 Å². The molecular formula is C15H22. The number of hydrogen-bond acceptors (Lipinski definition) is 0. The second kappa shape index (κ2) is 5.34. The Kier molecular flexibility index (Phi) is 3.82. The highest BCUT2D eigenvalue weighted by Crippen LogP contribution is 2.34. The minimum absolute atomic E-state index is 0.862. The Hall–Kier alpha value is -0.780. The van der Waals surface area contributed by atoms with Gasteiger partial charge in [-0.05, 0) is 36.3 Å². The van der Waals surface area contributed by atoms with Gasteiger partial charge in [0, 0.05) is 0 Å². The van der Waals surface area contributed by atoms with E-state index in [0.717, 1.165) is 5.92 Å². The predicted octanol–water partition coefficient (Wildman–Crippen LogP) is 4.69. The van der Waals surface area contributed by atoms with E-state index >= 15 is 0 Å². The molecule has 0 bridgehead atoms. The van der Waals surface area contributed by atoms with Crippen molar-refractivity contribution in [3.8, 4) is 0 Å². The van der Waals surface area contributed by atoms with E-state index in [1.165, 1.54) is 44.9 Å². The first-order chi connectivity index (χ1) is 7.42. The van der Waals surface area contributed by atoms with Gasteiger partial charge in [0.25, 0.3) is 0 Å². The summed E-state index contributed by atoms with van der Waals surface area (Å²) < 4.78 is 0. The average Bonchev–Trinajstić information content (AvgIpc) is 2.31. The van der Waals surface area contributed by atoms with E-state index in [2.05, 4.69) is 31.2 Å². The van der Waals surface area contributed by atoms with Crippen molar-refractivity contribution < 1.29 is 0 Å². The summed E-state index contributed by atoms with van der Waals surface area (Å²) in [5.74, 6) is 0.862. The SMILES string of the molecule is CCCc1ccccc1C1CCCCC1. The first-order valence-electron chi connectivity index (χ1n) is 6.49. The highest BCUT2D eigenvalue weighted by Gasteiger charge is 2.17. The highest BCUT2D eigenvalue weighted by atomic mass is 14.2. The van der Waals surface area contributed by atoms with Crippen molar-refractivity contribution in [2.24, 2.45) is 0 Å². The summed E-state index contributed by atoms with van der Waals surface area (Å²) in [5, 5.41) is 0. The fourth-order valence-corrected chi connectivity index (χ4v) is 2.84. The van der Waals surface area contributed by atoms with Gasteiger partial charge in [-0.1, -0.05) is 56.9 Å². The zero-order valence-corrected chi connectivity index (χ0v) is 9.84. The molecule has 0 unspecified atom stereocenters. The molecular weight excluding hydrogens is 180 g/mol. The van der Waals surface area contributed by atoms with Gasteiger partial charge in [-0.25, -0.2) is 0 Å². The Morgan fingerprint density at radius 3 is 2.53 bits per heavy atom. The third-order valence-corrected chi connectivity index (χ3v) is 3.62. The van der Waals surface area contributed by atoms with Crippen molar-refractivity contribution in [1.82, 2.24) is 0 Å². The van der Waals surface area contributed by atoms with Crippen molar-refractivity contribution in [2.75, 3.05) is 0 Å². The molecule has 1 aromatic carbocycles. The van der Waals surface area contributed by atoms with Crippen LogP contribution >= 0.6 is 0 Å². The molecule has 0 atom stereocenters. The zero-order chi connectivity index (χ0) is 10.5. The molecule has 0 saturated heterocycles. The Morgan fingerprint density at radius 1 is 1.07 bits per heavy atom. The van der Waals surface area contributed by atoms with Gasteiger partial charge in [0.1, 0.15) is 0 Å². The summed E-state index contributed by atoms with van der Waals surface area (Å²) in [4.78, 5) is 0. The normalized spacial score (nSPS) is 17.9. The summed E-state index contributed by atoms with van der Waals surface area (Å²) in [6.07, 6.45) is 9.68. The summed E-state index contributed by atoms with van der Waals surface area (Å²) >= 11 is 0. The van der Waals surface area contributed by atoms with Crippen LogP contribution in [0.2, 0.25) is 0 Å². The van der Waals surface area contributed by atoms with Gasteiger partial charge in [0.05, 0.1) is 0 Å². The Labute approximate surface area is 93.7 Å². The van der Waals surface area contributed by atoms with Crippen LogP contribution in [0.1, 0.15) is 62.5 Å². The lowest BCUT2D eigenvalue weighted by molar-refractivity contribution is 0.441. The number of hydrogen-bond donors (Lipinski definition) is 0. The molecule has 0 heterocycles. The van der Waals surface area contributed by atoms with Crippen molar-refractivity contribution in [1.29, 1.82) is 0 Å². The number of aryl methyl sites for hydroxylation is 1. The van der Waals surface area contributed by atoms with Crippen LogP contribution in [0, 0.1) is 0 Å². The molecule has 15 heavy (non-hydrogen) atoms. The third kappa shape index (κ3) is 2.62. The summed E-state index contributed by atoms with van der Waals surface area (Å²) in [5.41, 5.74) is 3.26. The van der Waals surface area contributed by atoms with Crippen molar-refractivity contribution in [3.63, 3.8) is 0 Å². The fourth-order valence-electron chi connectivity index (χ4n) is 2.84. The van der Waals surface area contributed by atoms with Crippen LogP contribution in [0.5, 0.6) is 0 Å². The molecule has 0 radical (unpaired) electrons. The Balaban J connectivity index is 2.17. The quantitative estimate of drug-likeness (QED) is 0.667. The van der Waals surface area contributed by atoms with Crippen LogP contribution in [0.25, 0.3) is 0 Å². The van der Waals surface area contributed by atoms with E-state index in [9.17, 15) is 0 Å². The molecule has 82 valence electrons. The zero-order valence-electron chi connectivity index (χ0n) is 9.84. The van der Waals surface area contributed by atoms with Crippen LogP contribution in [0.15, 0.2) is 24.3 Å². The maximum absolute atomic E-state index is 2.36. The smallest absolute Gasteiger partial charge is 0.0159 e. The first-order valence-corrected chi connectivity index (χ1v) is 6.49. The summed E-state index contributed by atoms with van der Waals surface area (Å²) in [7, 11) is 0. The van der Waals surface area contributed by atoms with Crippen molar-refractivity contribution >= 4 is 0 Å². The van der Waals surface area contributed by atoms with E-state index in [-0.39, 0.29) is 0 Å². The molecule has 0 nitrogen and oxygen atoms in total. The fraction of sp³-hybridized carbons (Fsp3) is 0.600. The highest BCUT2D eigenvalue weighted by molar-refractivity contribution is 5.30. The third-order valence-electron chi connectivity index (χ3n) is 3.62. The number of rotatable bonds is 3. The first kappa shape index (κ1) is 10.7. The molecule has 1 aromatic rings. The van der Waals surface area contributed by atoms with Gasteiger partial charge >= 0.3 is 0 Å². The van der Waals surface area contributed by atoms with Crippen LogP contribution in [-0.4, -0.2) is 0 Å². The second-order valence-electron chi connectivity index (χ2n) is 4.78. The Morgan fingerprint density at radius 2 is 1.80 bits per heavy atom. The van der Waals surface area contributed by atoms with Crippen LogP contribution in [-0.2, 0) is 6.42 Å². The molecule has 1 aliphatic rings. The molecule has 0 aromatic heterocycles. The predicted molar refractivity (Wildman–Crippen MR) is 66.3 cm³/mol. The summed E-state index contributed by atoms with van der Waals surface area (Å²) in [6, 6.07) is 9.09. The minimum Gasteiger partial charge on any atom is -0.0651 e. The van der Waals surface area contributed by atoms with Gasteiger partial charge < -0.3 is 0 Å². The molecule has 0 N–H and O–H groups in total. The maximum atomic E-state index is 2.36. The van der Waals surface area contributed by atoms with Gasteiger partial charge in [-0.3, -0.25) is 0 Å². The number of benzene rings is 1. The monoisotopic (exact) mass is 202 g/mol. The maximum Gasteiger partial charge on any atom is -0.0159 e. The second-order valence-corrected chi connectivity index (χ2v) is 4.78. The standard InChI is InChI=1S/C15H22/c1-2-8-13-11-6-7-12-15(13)14-9-4-3-5-10-14/h6-7,11-12,14H,2-5,8-10H2,1H3. The lowest BCUT2D eigenvalue weighted by atomic mass is 9.81. The topological polar surface area (TPSA) is 0 Å². The molecule has 0 amide bonds. The largest absolute Gasteiger partial charge is 0.0651 e. The Bertz CT molecular complexity index is 295. The van der Waals surface area contributed by atoms with E-state index in [1.54, 1.807) is 11.1 Å². The van der Waals surface area contributed by atoms with Crippen molar-refractivity contribution in [2.45, 2.75) is 57.8 Å². The molecule has 0 spiro atoms. The summed E-state index contributed by atoms with van der Waals surface area (Å²) in [6.45, 7) is 2.28. The van der Waals surface area contributed by atoms with Crippen LogP contribution < -0.4 is 0 Å². The molecule has 1 fully saturated rings. The molecule has 1 saturated carbocycles. The lowest BCUT2D eigenvalue weighted by Crippen LogP contribution is -2.07. The van der Waals surface area contributed by atoms with Gasteiger partial charge in [-0.15, -0.1) is 0 Å². The van der Waals surface area contributed by atoms with Crippen molar-refractivity contribution in [3.05, 3.63) is 35.4 Å². The average molecular weight is 202 g/mol.